The minimum absolute atomic E-state index is 0.0594. The van der Waals surface area contributed by atoms with Crippen LogP contribution in [0.2, 0.25) is 5.02 Å². The topological polar surface area (TPSA) is 88.8 Å². The second kappa shape index (κ2) is 12.4. The number of rotatable bonds is 6. The Kier molecular flexibility index (Phi) is 8.41. The van der Waals surface area contributed by atoms with Crippen molar-refractivity contribution in [3.05, 3.63) is 58.2 Å². The quantitative estimate of drug-likeness (QED) is 0.393. The van der Waals surface area contributed by atoms with Gasteiger partial charge in [-0.1, -0.05) is 41.9 Å². The first-order valence-electron chi connectivity index (χ1n) is 14.9. The summed E-state index contributed by atoms with van der Waals surface area (Å²) in [5.74, 6) is 2.64. The zero-order valence-electron chi connectivity index (χ0n) is 24.7. The van der Waals surface area contributed by atoms with Crippen molar-refractivity contribution in [2.24, 2.45) is 0 Å². The van der Waals surface area contributed by atoms with Gasteiger partial charge in [0.15, 0.2) is 0 Å². The molecule has 0 aliphatic carbocycles. The van der Waals surface area contributed by atoms with Crippen LogP contribution in [-0.2, 0) is 17.8 Å². The third-order valence-corrected chi connectivity index (χ3v) is 9.51. The van der Waals surface area contributed by atoms with Gasteiger partial charge in [0.2, 0.25) is 0 Å². The second-order valence-electron chi connectivity index (χ2n) is 11.8. The van der Waals surface area contributed by atoms with Crippen LogP contribution in [-0.4, -0.2) is 89.5 Å². The molecule has 2 fully saturated rings. The van der Waals surface area contributed by atoms with Crippen LogP contribution in [0.15, 0.2) is 36.4 Å². The zero-order valence-corrected chi connectivity index (χ0v) is 25.4. The summed E-state index contributed by atoms with van der Waals surface area (Å²) in [6, 6.07) is 15.0. The van der Waals surface area contributed by atoms with Crippen LogP contribution in [0.4, 0.5) is 5.82 Å². The fraction of sp³-hybridized carbons (Fsp3) is 0.455. The van der Waals surface area contributed by atoms with Gasteiger partial charge in [-0.2, -0.15) is 15.2 Å². The number of fused-ring (bicyclic) bond motifs is 2. The average molecular weight is 598 g/mol. The molecule has 0 N–H and O–H groups in total. The SMILES string of the molecule is C#CC(=O)N1CCN(c2nc(OCC3CCCN3C)nc3c2CN(C)C(c2cccc4cccc(Cl)c24)C3)C[C@@H]1CC#N. The monoisotopic (exact) mass is 597 g/mol. The molecule has 9 nitrogen and oxygen atoms in total. The summed E-state index contributed by atoms with van der Waals surface area (Å²) < 4.78 is 6.30. The van der Waals surface area contributed by atoms with Crippen molar-refractivity contribution in [3.8, 4) is 24.4 Å². The number of benzene rings is 2. The van der Waals surface area contributed by atoms with E-state index in [-0.39, 0.29) is 24.4 Å². The average Bonchev–Trinajstić information content (AvgIpc) is 3.43. The van der Waals surface area contributed by atoms with Gasteiger partial charge in [-0.3, -0.25) is 9.69 Å². The maximum absolute atomic E-state index is 12.4. The summed E-state index contributed by atoms with van der Waals surface area (Å²) >= 11 is 6.74. The van der Waals surface area contributed by atoms with Crippen LogP contribution in [0.3, 0.4) is 0 Å². The van der Waals surface area contributed by atoms with Gasteiger partial charge in [0.25, 0.3) is 5.91 Å². The molecule has 2 unspecified atom stereocenters. The van der Waals surface area contributed by atoms with Crippen LogP contribution in [0.5, 0.6) is 6.01 Å². The molecule has 1 aromatic heterocycles. The molecule has 3 aromatic rings. The Morgan fingerprint density at radius 2 is 1.93 bits per heavy atom. The van der Waals surface area contributed by atoms with E-state index in [1.807, 2.05) is 12.1 Å². The Balaban J connectivity index is 1.37. The number of carbonyl (C=O) groups excluding carboxylic acids is 1. The maximum atomic E-state index is 12.4. The molecular formula is C33H36ClN7O2. The van der Waals surface area contributed by atoms with Crippen LogP contribution < -0.4 is 9.64 Å². The first-order chi connectivity index (χ1) is 20.9. The molecule has 1 amide bonds. The predicted octanol–water partition coefficient (Wildman–Crippen LogP) is 4.05. The van der Waals surface area contributed by atoms with Gasteiger partial charge in [-0.15, -0.1) is 6.42 Å². The van der Waals surface area contributed by atoms with E-state index in [9.17, 15) is 10.1 Å². The second-order valence-corrected chi connectivity index (χ2v) is 12.2. The normalized spacial score (nSPS) is 22.7. The van der Waals surface area contributed by atoms with E-state index < -0.39 is 0 Å². The first kappa shape index (κ1) is 29.2. The highest BCUT2D eigenvalue weighted by molar-refractivity contribution is 6.35. The lowest BCUT2D eigenvalue weighted by molar-refractivity contribution is -0.127. The summed E-state index contributed by atoms with van der Waals surface area (Å²) in [4.78, 5) is 30.9. The predicted molar refractivity (Wildman–Crippen MR) is 167 cm³/mol. The van der Waals surface area contributed by atoms with Crippen molar-refractivity contribution in [3.63, 3.8) is 0 Å². The lowest BCUT2D eigenvalue weighted by atomic mass is 9.90. The molecule has 3 atom stereocenters. The van der Waals surface area contributed by atoms with Gasteiger partial charge in [0.05, 0.1) is 24.2 Å². The molecule has 0 spiro atoms. The highest BCUT2D eigenvalue weighted by Gasteiger charge is 2.36. The number of terminal acetylenes is 1. The number of piperazine rings is 1. The fourth-order valence-corrected chi connectivity index (χ4v) is 7.13. The van der Waals surface area contributed by atoms with Gasteiger partial charge >= 0.3 is 6.01 Å². The van der Waals surface area contributed by atoms with Crippen molar-refractivity contribution < 1.29 is 9.53 Å². The smallest absolute Gasteiger partial charge is 0.318 e. The standard InChI is InChI=1S/C33H36ClN7O2/c1-4-30(42)41-17-16-40(19-23(41)13-14-35)32-26-20-39(3)29(25-11-5-8-22-9-6-12-27(34)31(22)25)18-28(26)36-33(37-32)43-21-24-10-7-15-38(24)2/h1,5-6,8-9,11-12,23-24,29H,7,10,13,15-21H2,2-3H3/t23-,24?,29?/m0/s1. The summed E-state index contributed by atoms with van der Waals surface area (Å²) in [6.07, 6.45) is 8.55. The van der Waals surface area contributed by atoms with Gasteiger partial charge in [0.1, 0.15) is 12.4 Å². The Bertz CT molecular complexity index is 1610. The number of carbonyl (C=O) groups is 1. The van der Waals surface area contributed by atoms with Crippen molar-refractivity contribution in [1.82, 2.24) is 24.7 Å². The number of ether oxygens (including phenoxy) is 1. The van der Waals surface area contributed by atoms with E-state index >= 15 is 0 Å². The van der Waals surface area contributed by atoms with Crippen molar-refractivity contribution in [1.29, 1.82) is 5.26 Å². The number of anilines is 1. The zero-order chi connectivity index (χ0) is 30.1. The molecule has 4 heterocycles. The van der Waals surface area contributed by atoms with Gasteiger partial charge in [0, 0.05) is 60.7 Å². The first-order valence-corrected chi connectivity index (χ1v) is 15.2. The summed E-state index contributed by atoms with van der Waals surface area (Å²) in [5, 5.41) is 12.4. The molecule has 3 aliphatic heterocycles. The molecule has 10 heteroatoms. The van der Waals surface area contributed by atoms with Crippen LogP contribution in [0.1, 0.15) is 42.1 Å². The minimum atomic E-state index is -0.384. The van der Waals surface area contributed by atoms with Crippen molar-refractivity contribution in [2.75, 3.05) is 51.8 Å². The van der Waals surface area contributed by atoms with E-state index in [1.54, 1.807) is 4.90 Å². The number of halogens is 1. The summed E-state index contributed by atoms with van der Waals surface area (Å²) in [6.45, 7) is 3.65. The number of amides is 1. The number of likely N-dealkylation sites (N-methyl/N-ethyl adjacent to an activating group) is 2. The van der Waals surface area contributed by atoms with E-state index in [0.29, 0.717) is 51.3 Å². The molecule has 0 radical (unpaired) electrons. The molecule has 0 bridgehead atoms. The highest BCUT2D eigenvalue weighted by Crippen LogP contribution is 2.40. The number of hydrogen-bond donors (Lipinski definition) is 0. The van der Waals surface area contributed by atoms with E-state index in [4.69, 9.17) is 32.7 Å². The third kappa shape index (κ3) is 5.73. The number of nitrogens with zero attached hydrogens (tertiary/aromatic N) is 7. The van der Waals surface area contributed by atoms with Gasteiger partial charge in [-0.25, -0.2) is 0 Å². The largest absolute Gasteiger partial charge is 0.462 e. The summed E-state index contributed by atoms with van der Waals surface area (Å²) in [7, 11) is 4.25. The lowest BCUT2D eigenvalue weighted by Crippen LogP contribution is -2.55. The number of likely N-dealkylation sites (tertiary alicyclic amines) is 1. The maximum Gasteiger partial charge on any atom is 0.318 e. The summed E-state index contributed by atoms with van der Waals surface area (Å²) in [5.41, 5.74) is 3.16. The third-order valence-electron chi connectivity index (χ3n) is 9.19. The Hall–Kier alpha value is -3.89. The molecular weight excluding hydrogens is 562 g/mol. The number of nitriles is 1. The van der Waals surface area contributed by atoms with Crippen molar-refractivity contribution in [2.45, 2.75) is 50.4 Å². The molecule has 222 valence electrons. The fourth-order valence-electron chi connectivity index (χ4n) is 6.84. The highest BCUT2D eigenvalue weighted by atomic mass is 35.5. The number of hydrogen-bond acceptors (Lipinski definition) is 8. The Morgan fingerprint density at radius 3 is 2.67 bits per heavy atom. The van der Waals surface area contributed by atoms with Crippen LogP contribution in [0.25, 0.3) is 10.8 Å². The molecule has 0 saturated carbocycles. The minimum Gasteiger partial charge on any atom is -0.462 e. The van der Waals surface area contributed by atoms with E-state index in [1.165, 1.54) is 5.56 Å². The van der Waals surface area contributed by atoms with Crippen LogP contribution >= 0.6 is 11.6 Å². The molecule has 2 saturated heterocycles. The molecule has 6 rings (SSSR count). The van der Waals surface area contributed by atoms with Gasteiger partial charge in [-0.05, 0) is 56.4 Å². The van der Waals surface area contributed by atoms with E-state index in [0.717, 1.165) is 52.3 Å². The van der Waals surface area contributed by atoms with E-state index in [2.05, 4.69) is 65.1 Å². The lowest BCUT2D eigenvalue weighted by Gasteiger charge is -2.42. The van der Waals surface area contributed by atoms with Crippen LogP contribution in [0, 0.1) is 23.7 Å². The number of aromatic nitrogens is 2. The molecule has 3 aliphatic rings. The Labute approximate surface area is 258 Å². The Morgan fingerprint density at radius 1 is 1.12 bits per heavy atom. The molecule has 43 heavy (non-hydrogen) atoms. The van der Waals surface area contributed by atoms with Gasteiger partial charge < -0.3 is 19.4 Å². The van der Waals surface area contributed by atoms with Crippen molar-refractivity contribution >= 4 is 34.1 Å². The molecule has 2 aromatic carbocycles.